The quantitative estimate of drug-likeness (QED) is 0.894. The number of aryl methyl sites for hydroxylation is 2. The van der Waals surface area contributed by atoms with Crippen LogP contribution in [0.1, 0.15) is 38.3 Å². The predicted molar refractivity (Wildman–Crippen MR) is 95.5 cm³/mol. The first kappa shape index (κ1) is 16.3. The summed E-state index contributed by atoms with van der Waals surface area (Å²) in [4.78, 5) is 16.8. The van der Waals surface area contributed by atoms with Crippen LogP contribution in [0.2, 0.25) is 0 Å². The summed E-state index contributed by atoms with van der Waals surface area (Å²) in [5, 5.41) is 11.4. The molecule has 0 radical (unpaired) electrons. The molecule has 4 rings (SSSR count). The summed E-state index contributed by atoms with van der Waals surface area (Å²) in [7, 11) is 1.87. The molecule has 2 atom stereocenters. The molecular weight excluding hydrogens is 318 g/mol. The fourth-order valence-corrected chi connectivity index (χ4v) is 4.34. The van der Waals surface area contributed by atoms with Crippen LogP contribution in [0.25, 0.3) is 11.0 Å². The Morgan fingerprint density at radius 2 is 2.28 bits per heavy atom. The number of anilines is 1. The first-order valence-corrected chi connectivity index (χ1v) is 9.02. The molecule has 0 bridgehead atoms. The molecule has 7 heteroatoms. The van der Waals surface area contributed by atoms with Gasteiger partial charge in [0.1, 0.15) is 0 Å². The van der Waals surface area contributed by atoms with Crippen LogP contribution in [-0.4, -0.2) is 39.5 Å². The molecule has 1 spiro atoms. The highest BCUT2D eigenvalue weighted by Gasteiger charge is 2.59. The highest BCUT2D eigenvalue weighted by atomic mass is 16.5. The van der Waals surface area contributed by atoms with Crippen molar-refractivity contribution in [3.05, 3.63) is 18.0 Å². The number of hydrogen-bond acceptors (Lipinski definition) is 4. The van der Waals surface area contributed by atoms with Crippen molar-refractivity contribution < 1.29 is 9.53 Å². The van der Waals surface area contributed by atoms with E-state index in [4.69, 9.17) is 4.74 Å². The molecular formula is C18H25N5O2. The van der Waals surface area contributed by atoms with Crippen molar-refractivity contribution in [2.75, 3.05) is 11.9 Å². The van der Waals surface area contributed by atoms with Crippen LogP contribution in [0.3, 0.4) is 0 Å². The van der Waals surface area contributed by atoms with Crippen molar-refractivity contribution >= 4 is 22.8 Å². The van der Waals surface area contributed by atoms with Crippen LogP contribution in [0.4, 0.5) is 10.5 Å². The summed E-state index contributed by atoms with van der Waals surface area (Å²) >= 11 is 0. The Hall–Kier alpha value is -2.15. The Morgan fingerprint density at radius 3 is 2.96 bits per heavy atom. The number of ether oxygens (including phenoxy) is 1. The van der Waals surface area contributed by atoms with Gasteiger partial charge < -0.3 is 15.4 Å². The first-order chi connectivity index (χ1) is 12.0. The smallest absolute Gasteiger partial charge is 0.319 e. The van der Waals surface area contributed by atoms with Gasteiger partial charge in [0.05, 0.1) is 23.7 Å². The van der Waals surface area contributed by atoms with E-state index in [1.165, 1.54) is 6.42 Å². The zero-order valence-electron chi connectivity index (χ0n) is 15.0. The monoisotopic (exact) mass is 343 g/mol. The van der Waals surface area contributed by atoms with Crippen LogP contribution < -0.4 is 10.6 Å². The van der Waals surface area contributed by atoms with Crippen molar-refractivity contribution in [2.45, 2.75) is 51.7 Å². The van der Waals surface area contributed by atoms with Crippen molar-refractivity contribution in [1.82, 2.24) is 20.1 Å². The largest absolute Gasteiger partial charge is 0.378 e. The van der Waals surface area contributed by atoms with Gasteiger partial charge in [0.15, 0.2) is 5.65 Å². The molecule has 0 aromatic carbocycles. The van der Waals surface area contributed by atoms with Crippen LogP contribution in [0.15, 0.2) is 12.3 Å². The fraction of sp³-hybridized carbons (Fsp3) is 0.611. The molecule has 2 N–H and O–H groups in total. The van der Waals surface area contributed by atoms with Gasteiger partial charge >= 0.3 is 6.03 Å². The Bertz CT molecular complexity index is 811. The van der Waals surface area contributed by atoms with Crippen LogP contribution in [0.5, 0.6) is 0 Å². The molecule has 7 nitrogen and oxygen atoms in total. The van der Waals surface area contributed by atoms with E-state index in [1.807, 2.05) is 27.0 Å². The topological polar surface area (TPSA) is 81.1 Å². The first-order valence-electron chi connectivity index (χ1n) is 9.02. The SMILES string of the molecule is CCOC1CC(NC(=O)Nc2cnc3c(c2)c(C)nn3C)C12CCC2. The number of carbonyl (C=O) groups is 1. The van der Waals surface area contributed by atoms with Crippen molar-refractivity contribution in [2.24, 2.45) is 12.5 Å². The van der Waals surface area contributed by atoms with E-state index < -0.39 is 0 Å². The number of nitrogens with one attached hydrogen (secondary N) is 2. The lowest BCUT2D eigenvalue weighted by molar-refractivity contribution is -0.169. The minimum atomic E-state index is -0.172. The molecule has 2 unspecified atom stereocenters. The third-order valence-electron chi connectivity index (χ3n) is 5.86. The van der Waals surface area contributed by atoms with Gasteiger partial charge in [0.2, 0.25) is 0 Å². The number of carbonyl (C=O) groups excluding carboxylic acids is 1. The zero-order valence-corrected chi connectivity index (χ0v) is 15.0. The summed E-state index contributed by atoms with van der Waals surface area (Å²) in [6.45, 7) is 4.71. The van der Waals surface area contributed by atoms with E-state index in [-0.39, 0.29) is 17.5 Å². The number of hydrogen-bond donors (Lipinski definition) is 2. The van der Waals surface area contributed by atoms with E-state index >= 15 is 0 Å². The molecule has 2 fully saturated rings. The number of pyridine rings is 1. The molecule has 134 valence electrons. The number of fused-ring (bicyclic) bond motifs is 1. The fourth-order valence-electron chi connectivity index (χ4n) is 4.34. The molecule has 2 amide bonds. The van der Waals surface area contributed by atoms with Gasteiger partial charge in [-0.25, -0.2) is 9.78 Å². The van der Waals surface area contributed by atoms with Crippen molar-refractivity contribution in [3.8, 4) is 0 Å². The Morgan fingerprint density at radius 1 is 1.48 bits per heavy atom. The molecule has 2 aliphatic carbocycles. The molecule has 2 aromatic heterocycles. The summed E-state index contributed by atoms with van der Waals surface area (Å²) < 4.78 is 7.59. The third kappa shape index (κ3) is 2.57. The summed E-state index contributed by atoms with van der Waals surface area (Å²) in [5.41, 5.74) is 2.57. The van der Waals surface area contributed by atoms with Gasteiger partial charge in [0, 0.05) is 30.5 Å². The average molecular weight is 343 g/mol. The maximum absolute atomic E-state index is 12.4. The molecule has 2 aliphatic rings. The van der Waals surface area contributed by atoms with Gasteiger partial charge in [0.25, 0.3) is 0 Å². The average Bonchev–Trinajstić information content (AvgIpc) is 2.79. The number of amides is 2. The number of nitrogens with zero attached hydrogens (tertiary/aromatic N) is 3. The Kier molecular flexibility index (Phi) is 3.91. The zero-order chi connectivity index (χ0) is 17.6. The highest BCUT2D eigenvalue weighted by Crippen LogP contribution is 2.57. The van der Waals surface area contributed by atoms with Gasteiger partial charge in [-0.2, -0.15) is 5.10 Å². The molecule has 2 saturated carbocycles. The van der Waals surface area contributed by atoms with Crippen LogP contribution >= 0.6 is 0 Å². The van der Waals surface area contributed by atoms with Gasteiger partial charge in [-0.1, -0.05) is 6.42 Å². The van der Waals surface area contributed by atoms with Gasteiger partial charge in [-0.3, -0.25) is 4.68 Å². The Labute approximate surface area is 147 Å². The summed E-state index contributed by atoms with van der Waals surface area (Å²) in [5.74, 6) is 0. The van der Waals surface area contributed by atoms with E-state index in [0.29, 0.717) is 11.8 Å². The lowest BCUT2D eigenvalue weighted by Gasteiger charge is -2.60. The van der Waals surface area contributed by atoms with Gasteiger partial charge in [-0.05, 0) is 39.2 Å². The highest BCUT2D eigenvalue weighted by molar-refractivity contribution is 5.92. The van der Waals surface area contributed by atoms with Gasteiger partial charge in [-0.15, -0.1) is 0 Å². The molecule has 2 heterocycles. The number of aromatic nitrogens is 3. The molecule has 25 heavy (non-hydrogen) atoms. The summed E-state index contributed by atoms with van der Waals surface area (Å²) in [6, 6.07) is 1.95. The normalized spacial score (nSPS) is 24.0. The second-order valence-corrected chi connectivity index (χ2v) is 7.22. The predicted octanol–water partition coefficient (Wildman–Crippen LogP) is 2.75. The third-order valence-corrected chi connectivity index (χ3v) is 5.86. The van der Waals surface area contributed by atoms with Crippen molar-refractivity contribution in [3.63, 3.8) is 0 Å². The Balaban J connectivity index is 1.42. The molecule has 2 aromatic rings. The number of rotatable bonds is 4. The second kappa shape index (κ2) is 5.98. The maximum atomic E-state index is 12.4. The standard InChI is InChI=1S/C18H25N5O2/c1-4-25-15-9-14(18(15)6-5-7-18)21-17(24)20-12-8-13-11(2)22-23(3)16(13)19-10-12/h8,10,14-15H,4-7,9H2,1-3H3,(H2,20,21,24). The molecule has 0 aliphatic heterocycles. The van der Waals surface area contributed by atoms with E-state index in [1.54, 1.807) is 10.9 Å². The van der Waals surface area contributed by atoms with Crippen LogP contribution in [0, 0.1) is 12.3 Å². The second-order valence-electron chi connectivity index (χ2n) is 7.22. The maximum Gasteiger partial charge on any atom is 0.319 e. The van der Waals surface area contributed by atoms with E-state index in [2.05, 4.69) is 20.7 Å². The van der Waals surface area contributed by atoms with Crippen LogP contribution in [-0.2, 0) is 11.8 Å². The van der Waals surface area contributed by atoms with E-state index in [0.717, 1.165) is 42.6 Å². The molecule has 0 saturated heterocycles. The van der Waals surface area contributed by atoms with Crippen molar-refractivity contribution in [1.29, 1.82) is 0 Å². The lowest BCUT2D eigenvalue weighted by atomic mass is 9.51. The van der Waals surface area contributed by atoms with E-state index in [9.17, 15) is 4.79 Å². The minimum absolute atomic E-state index is 0.162. The summed E-state index contributed by atoms with van der Waals surface area (Å²) in [6.07, 6.45) is 6.39. The lowest BCUT2D eigenvalue weighted by Crippen LogP contribution is -2.68. The number of urea groups is 1. The minimum Gasteiger partial charge on any atom is -0.378 e.